The molecule has 0 atom stereocenters. The van der Waals surface area contributed by atoms with Gasteiger partial charge in [-0.25, -0.2) is 4.79 Å². The Morgan fingerprint density at radius 2 is 2.15 bits per heavy atom. The zero-order chi connectivity index (χ0) is 15.3. The molecule has 0 aliphatic rings. The fourth-order valence-corrected chi connectivity index (χ4v) is 1.69. The molecule has 0 bridgehead atoms. The number of nitrogens with one attached hydrogen (secondary N) is 1. The summed E-state index contributed by atoms with van der Waals surface area (Å²) in [6.45, 7) is 1.68. The largest absolute Gasteiger partial charge is 0.573 e. The zero-order valence-corrected chi connectivity index (χ0v) is 11.9. The highest BCUT2D eigenvalue weighted by atomic mass is 79.9. The van der Waals surface area contributed by atoms with Crippen molar-refractivity contribution >= 4 is 27.6 Å². The van der Waals surface area contributed by atoms with Crippen molar-refractivity contribution < 1.29 is 27.8 Å². The lowest BCUT2D eigenvalue weighted by Gasteiger charge is -2.12. The van der Waals surface area contributed by atoms with E-state index >= 15 is 0 Å². The average Bonchev–Trinajstić information content (AvgIpc) is 2.30. The second-order valence-corrected chi connectivity index (χ2v) is 4.62. The number of rotatable bonds is 5. The minimum atomic E-state index is -4.75. The van der Waals surface area contributed by atoms with Crippen LogP contribution in [0.5, 0.6) is 5.75 Å². The second kappa shape index (κ2) is 6.65. The monoisotopic (exact) mass is 353 g/mol. The SMILES string of the molecule is C/C(=C/CNc1ccc(OC(F)(F)F)c(Br)c1)C(=O)O. The molecule has 0 aliphatic carbocycles. The molecule has 0 aromatic heterocycles. The predicted molar refractivity (Wildman–Crippen MR) is 70.7 cm³/mol. The molecule has 0 radical (unpaired) electrons. The molecule has 4 nitrogen and oxygen atoms in total. The summed E-state index contributed by atoms with van der Waals surface area (Å²) in [5, 5.41) is 11.5. The number of carbonyl (C=O) groups is 1. The first-order chi connectivity index (χ1) is 9.19. The first-order valence-electron chi connectivity index (χ1n) is 5.38. The van der Waals surface area contributed by atoms with Crippen LogP contribution in [0.4, 0.5) is 18.9 Å². The van der Waals surface area contributed by atoms with Crippen LogP contribution >= 0.6 is 15.9 Å². The molecular formula is C12H11BrF3NO3. The third-order valence-electron chi connectivity index (χ3n) is 2.21. The van der Waals surface area contributed by atoms with E-state index in [1.807, 2.05) is 0 Å². The molecule has 20 heavy (non-hydrogen) atoms. The number of anilines is 1. The van der Waals surface area contributed by atoms with Crippen LogP contribution in [-0.4, -0.2) is 24.0 Å². The van der Waals surface area contributed by atoms with Crippen molar-refractivity contribution in [1.29, 1.82) is 0 Å². The van der Waals surface area contributed by atoms with Gasteiger partial charge in [0.25, 0.3) is 0 Å². The number of benzene rings is 1. The lowest BCUT2D eigenvalue weighted by molar-refractivity contribution is -0.274. The highest BCUT2D eigenvalue weighted by molar-refractivity contribution is 9.10. The van der Waals surface area contributed by atoms with E-state index in [0.717, 1.165) is 6.07 Å². The van der Waals surface area contributed by atoms with Gasteiger partial charge in [0.1, 0.15) is 5.75 Å². The van der Waals surface area contributed by atoms with Crippen molar-refractivity contribution in [3.8, 4) is 5.75 Å². The minimum Gasteiger partial charge on any atom is -0.478 e. The zero-order valence-electron chi connectivity index (χ0n) is 10.3. The van der Waals surface area contributed by atoms with Crippen LogP contribution in [0.3, 0.4) is 0 Å². The number of halogens is 4. The molecule has 2 N–H and O–H groups in total. The van der Waals surface area contributed by atoms with Crippen molar-refractivity contribution in [2.24, 2.45) is 0 Å². The lowest BCUT2D eigenvalue weighted by atomic mass is 10.2. The number of carboxylic acid groups (broad SMARTS) is 1. The Balaban J connectivity index is 2.69. The van der Waals surface area contributed by atoms with Gasteiger partial charge in [-0.05, 0) is 41.1 Å². The van der Waals surface area contributed by atoms with Crippen molar-refractivity contribution in [2.45, 2.75) is 13.3 Å². The van der Waals surface area contributed by atoms with Crippen LogP contribution in [0.1, 0.15) is 6.92 Å². The summed E-state index contributed by atoms with van der Waals surface area (Å²) in [4.78, 5) is 10.5. The van der Waals surface area contributed by atoms with Gasteiger partial charge in [-0.1, -0.05) is 6.08 Å². The molecule has 0 fully saturated rings. The van der Waals surface area contributed by atoms with Crippen LogP contribution in [0.25, 0.3) is 0 Å². The van der Waals surface area contributed by atoms with E-state index in [1.54, 1.807) is 0 Å². The summed E-state index contributed by atoms with van der Waals surface area (Å²) in [6.07, 6.45) is -3.30. The number of ether oxygens (including phenoxy) is 1. The van der Waals surface area contributed by atoms with Gasteiger partial charge in [-0.2, -0.15) is 0 Å². The van der Waals surface area contributed by atoms with E-state index in [-0.39, 0.29) is 22.3 Å². The van der Waals surface area contributed by atoms with Crippen LogP contribution < -0.4 is 10.1 Å². The third kappa shape index (κ3) is 5.52. The summed E-state index contributed by atoms with van der Waals surface area (Å²) in [5.41, 5.74) is 0.703. The normalized spacial score (nSPS) is 12.2. The summed E-state index contributed by atoms with van der Waals surface area (Å²) in [7, 11) is 0. The first kappa shape index (κ1) is 16.4. The fourth-order valence-electron chi connectivity index (χ4n) is 1.23. The summed E-state index contributed by atoms with van der Waals surface area (Å²) in [6, 6.07) is 3.97. The van der Waals surface area contributed by atoms with Crippen molar-refractivity contribution in [3.63, 3.8) is 0 Å². The molecule has 0 unspecified atom stereocenters. The Morgan fingerprint density at radius 1 is 1.50 bits per heavy atom. The topological polar surface area (TPSA) is 58.6 Å². The Hall–Kier alpha value is -1.70. The molecule has 110 valence electrons. The van der Waals surface area contributed by atoms with Crippen LogP contribution in [-0.2, 0) is 4.79 Å². The van der Waals surface area contributed by atoms with Gasteiger partial charge in [0.15, 0.2) is 0 Å². The molecule has 8 heteroatoms. The minimum absolute atomic E-state index is 0.138. The van der Waals surface area contributed by atoms with Gasteiger partial charge < -0.3 is 15.2 Å². The van der Waals surface area contributed by atoms with E-state index in [9.17, 15) is 18.0 Å². The number of hydrogen-bond acceptors (Lipinski definition) is 3. The number of hydrogen-bond donors (Lipinski definition) is 2. The Kier molecular flexibility index (Phi) is 5.43. The maximum Gasteiger partial charge on any atom is 0.573 e. The van der Waals surface area contributed by atoms with Crippen LogP contribution in [0.15, 0.2) is 34.3 Å². The molecule has 0 heterocycles. The maximum atomic E-state index is 12.1. The Morgan fingerprint density at radius 3 is 2.65 bits per heavy atom. The van der Waals surface area contributed by atoms with E-state index < -0.39 is 12.3 Å². The Bertz CT molecular complexity index is 529. The third-order valence-corrected chi connectivity index (χ3v) is 2.83. The van der Waals surface area contributed by atoms with Crippen molar-refractivity contribution in [1.82, 2.24) is 0 Å². The van der Waals surface area contributed by atoms with Gasteiger partial charge in [0.05, 0.1) is 4.47 Å². The number of carboxylic acids is 1. The fraction of sp³-hybridized carbons (Fsp3) is 0.250. The maximum absolute atomic E-state index is 12.1. The van der Waals surface area contributed by atoms with Gasteiger partial charge >= 0.3 is 12.3 Å². The lowest BCUT2D eigenvalue weighted by Crippen LogP contribution is -2.17. The van der Waals surface area contributed by atoms with Gasteiger partial charge in [-0.3, -0.25) is 0 Å². The first-order valence-corrected chi connectivity index (χ1v) is 6.17. The molecule has 0 aliphatic heterocycles. The van der Waals surface area contributed by atoms with E-state index in [1.165, 1.54) is 25.1 Å². The predicted octanol–water partition coefficient (Wildman–Crippen LogP) is 3.79. The quantitative estimate of drug-likeness (QED) is 0.790. The van der Waals surface area contributed by atoms with Gasteiger partial charge in [0, 0.05) is 17.8 Å². The highest BCUT2D eigenvalue weighted by Gasteiger charge is 2.31. The van der Waals surface area contributed by atoms with E-state index in [0.29, 0.717) is 5.69 Å². The van der Waals surface area contributed by atoms with Gasteiger partial charge in [-0.15, -0.1) is 13.2 Å². The van der Waals surface area contributed by atoms with Gasteiger partial charge in [0.2, 0.25) is 0 Å². The van der Waals surface area contributed by atoms with E-state index in [2.05, 4.69) is 26.0 Å². The van der Waals surface area contributed by atoms with Crippen molar-refractivity contribution in [2.75, 3.05) is 11.9 Å². The standard InChI is InChI=1S/C12H11BrF3NO3/c1-7(11(18)19)4-5-17-8-2-3-10(9(13)6-8)20-12(14,15)16/h2-4,6,17H,5H2,1H3,(H,18,19)/b7-4-. The summed E-state index contributed by atoms with van der Waals surface area (Å²) < 4.78 is 40.1. The number of alkyl halides is 3. The number of aliphatic carboxylic acids is 1. The molecule has 0 saturated heterocycles. The van der Waals surface area contributed by atoms with Crippen molar-refractivity contribution in [3.05, 3.63) is 34.3 Å². The Labute approximate surface area is 121 Å². The van der Waals surface area contributed by atoms with Crippen LogP contribution in [0.2, 0.25) is 0 Å². The molecular weight excluding hydrogens is 343 g/mol. The molecule has 1 aromatic carbocycles. The molecule has 0 saturated carbocycles. The van der Waals surface area contributed by atoms with E-state index in [4.69, 9.17) is 5.11 Å². The summed E-state index contributed by atoms with van der Waals surface area (Å²) in [5.74, 6) is -1.37. The molecule has 0 amide bonds. The van der Waals surface area contributed by atoms with Crippen LogP contribution in [0, 0.1) is 0 Å². The second-order valence-electron chi connectivity index (χ2n) is 3.77. The molecule has 1 aromatic rings. The average molecular weight is 354 g/mol. The molecule has 0 spiro atoms. The smallest absolute Gasteiger partial charge is 0.478 e. The molecule has 1 rings (SSSR count). The highest BCUT2D eigenvalue weighted by Crippen LogP contribution is 2.32. The summed E-state index contributed by atoms with van der Waals surface area (Å²) >= 11 is 2.97.